The van der Waals surface area contributed by atoms with E-state index in [9.17, 15) is 0 Å². The van der Waals surface area contributed by atoms with Crippen LogP contribution < -0.4 is 24.8 Å². The number of hydrogen-bond acceptors (Lipinski definition) is 4. The number of rotatable bonds is 6. The summed E-state index contributed by atoms with van der Waals surface area (Å²) in [5.74, 6) is 2.83. The van der Waals surface area contributed by atoms with Gasteiger partial charge in [0, 0.05) is 13.6 Å². The van der Waals surface area contributed by atoms with Crippen molar-refractivity contribution >= 4 is 17.6 Å². The molecule has 7 heteroatoms. The zero-order valence-corrected chi connectivity index (χ0v) is 15.4. The molecule has 0 unspecified atom stereocenters. The summed E-state index contributed by atoms with van der Waals surface area (Å²) in [5, 5.41) is 7.01. The molecular formula is C19H22ClN3O3. The van der Waals surface area contributed by atoms with E-state index in [0.717, 1.165) is 11.3 Å². The van der Waals surface area contributed by atoms with E-state index in [1.807, 2.05) is 42.5 Å². The van der Waals surface area contributed by atoms with E-state index in [2.05, 4.69) is 15.6 Å². The van der Waals surface area contributed by atoms with E-state index in [-0.39, 0.29) is 0 Å². The Hall–Kier alpha value is -2.60. The molecule has 2 N–H and O–H groups in total. The molecule has 2 aromatic rings. The van der Waals surface area contributed by atoms with Crippen LogP contribution in [0.1, 0.15) is 5.56 Å². The summed E-state index contributed by atoms with van der Waals surface area (Å²) in [6.07, 6.45) is 0. The summed E-state index contributed by atoms with van der Waals surface area (Å²) in [6, 6.07) is 13.5. The predicted octanol–water partition coefficient (Wildman–Crippen LogP) is 2.86. The Bertz CT molecular complexity index is 753. The first kappa shape index (κ1) is 18.2. The lowest BCUT2D eigenvalue weighted by atomic mass is 10.2. The maximum atomic E-state index is 6.26. The van der Waals surface area contributed by atoms with Gasteiger partial charge in [-0.25, -0.2) is 0 Å². The highest BCUT2D eigenvalue weighted by Crippen LogP contribution is 2.38. The van der Waals surface area contributed by atoms with Crippen molar-refractivity contribution in [3.63, 3.8) is 0 Å². The van der Waals surface area contributed by atoms with Gasteiger partial charge in [-0.2, -0.15) is 0 Å². The Kier molecular flexibility index (Phi) is 6.44. The molecule has 1 aliphatic heterocycles. The first-order chi connectivity index (χ1) is 12.8. The molecule has 0 bridgehead atoms. The van der Waals surface area contributed by atoms with Crippen LogP contribution in [0.15, 0.2) is 47.5 Å². The number of fused-ring (bicyclic) bond motifs is 1. The highest BCUT2D eigenvalue weighted by Gasteiger charge is 2.16. The van der Waals surface area contributed by atoms with Crippen molar-refractivity contribution in [2.75, 3.05) is 33.4 Å². The number of nitrogens with one attached hydrogen (secondary N) is 2. The molecule has 0 radical (unpaired) electrons. The van der Waals surface area contributed by atoms with Crippen LogP contribution in [0.5, 0.6) is 17.2 Å². The normalized spacial score (nSPS) is 13.2. The van der Waals surface area contributed by atoms with E-state index < -0.39 is 0 Å². The lowest BCUT2D eigenvalue weighted by Gasteiger charge is -2.20. The van der Waals surface area contributed by atoms with Gasteiger partial charge in [-0.15, -0.1) is 0 Å². The van der Waals surface area contributed by atoms with Crippen LogP contribution >= 0.6 is 11.6 Å². The molecule has 0 amide bonds. The number of guanidine groups is 1. The number of ether oxygens (including phenoxy) is 3. The van der Waals surface area contributed by atoms with Crippen molar-refractivity contribution < 1.29 is 14.2 Å². The molecule has 0 atom stereocenters. The molecule has 3 rings (SSSR count). The van der Waals surface area contributed by atoms with Gasteiger partial charge in [0.05, 0.1) is 11.6 Å². The minimum atomic E-state index is 0.520. The summed E-state index contributed by atoms with van der Waals surface area (Å²) in [7, 11) is 1.73. The SMILES string of the molecule is CN=C(NCCOc1ccccc1)NCc1cc(Cl)c2c(c1)OCCO2. The molecule has 1 heterocycles. The monoisotopic (exact) mass is 375 g/mol. The van der Waals surface area contributed by atoms with E-state index in [1.54, 1.807) is 7.05 Å². The largest absolute Gasteiger partial charge is 0.492 e. The smallest absolute Gasteiger partial charge is 0.191 e. The second-order valence-electron chi connectivity index (χ2n) is 5.62. The Balaban J connectivity index is 1.46. The second-order valence-corrected chi connectivity index (χ2v) is 6.02. The number of benzene rings is 2. The van der Waals surface area contributed by atoms with Gasteiger partial charge in [-0.05, 0) is 29.8 Å². The third-order valence-electron chi connectivity index (χ3n) is 3.75. The molecular weight excluding hydrogens is 354 g/mol. The van der Waals surface area contributed by atoms with Crippen molar-refractivity contribution in [3.05, 3.63) is 53.1 Å². The van der Waals surface area contributed by atoms with Gasteiger partial charge in [0.15, 0.2) is 17.5 Å². The molecule has 0 spiro atoms. The molecule has 0 aliphatic carbocycles. The van der Waals surface area contributed by atoms with Crippen LogP contribution in [0, 0.1) is 0 Å². The van der Waals surface area contributed by atoms with Gasteiger partial charge < -0.3 is 24.8 Å². The van der Waals surface area contributed by atoms with Crippen molar-refractivity contribution in [2.45, 2.75) is 6.54 Å². The Morgan fingerprint density at radius 3 is 2.77 bits per heavy atom. The zero-order valence-electron chi connectivity index (χ0n) is 14.6. The number of aliphatic imine (C=N–C) groups is 1. The minimum absolute atomic E-state index is 0.520. The maximum Gasteiger partial charge on any atom is 0.191 e. The van der Waals surface area contributed by atoms with Gasteiger partial charge in [-0.3, -0.25) is 4.99 Å². The van der Waals surface area contributed by atoms with Crippen molar-refractivity contribution in [3.8, 4) is 17.2 Å². The quantitative estimate of drug-likeness (QED) is 0.462. The van der Waals surface area contributed by atoms with Crippen molar-refractivity contribution in [1.29, 1.82) is 0 Å². The topological polar surface area (TPSA) is 64.1 Å². The van der Waals surface area contributed by atoms with Crippen LogP contribution in [-0.4, -0.2) is 39.4 Å². The van der Waals surface area contributed by atoms with Crippen LogP contribution in [0.2, 0.25) is 5.02 Å². The fourth-order valence-corrected chi connectivity index (χ4v) is 2.82. The standard InChI is InChI=1S/C19H22ClN3O3/c1-21-19(22-7-8-24-15-5-3-2-4-6-15)23-13-14-11-16(20)18-17(12-14)25-9-10-26-18/h2-6,11-12H,7-10,13H2,1H3,(H2,21,22,23). The summed E-state index contributed by atoms with van der Waals surface area (Å²) in [4.78, 5) is 4.21. The molecule has 0 saturated heterocycles. The van der Waals surface area contributed by atoms with Gasteiger partial charge >= 0.3 is 0 Å². The van der Waals surface area contributed by atoms with Crippen LogP contribution in [0.4, 0.5) is 0 Å². The molecule has 2 aromatic carbocycles. The summed E-state index contributed by atoms with van der Waals surface area (Å²) >= 11 is 6.26. The highest BCUT2D eigenvalue weighted by atomic mass is 35.5. The van der Waals surface area contributed by atoms with Gasteiger partial charge in [-0.1, -0.05) is 29.8 Å². The Morgan fingerprint density at radius 1 is 1.15 bits per heavy atom. The summed E-state index contributed by atoms with van der Waals surface area (Å²) in [6.45, 7) is 2.80. The molecule has 0 saturated carbocycles. The molecule has 0 aromatic heterocycles. The number of para-hydroxylation sites is 1. The third kappa shape index (κ3) is 4.95. The first-order valence-electron chi connectivity index (χ1n) is 8.46. The lowest BCUT2D eigenvalue weighted by molar-refractivity contribution is 0.171. The van der Waals surface area contributed by atoms with E-state index >= 15 is 0 Å². The van der Waals surface area contributed by atoms with E-state index in [1.165, 1.54) is 0 Å². The average molecular weight is 376 g/mol. The fourth-order valence-electron chi connectivity index (χ4n) is 2.53. The average Bonchev–Trinajstić information content (AvgIpc) is 2.68. The fraction of sp³-hybridized carbons (Fsp3) is 0.316. The van der Waals surface area contributed by atoms with Crippen LogP contribution in [0.3, 0.4) is 0 Å². The molecule has 26 heavy (non-hydrogen) atoms. The van der Waals surface area contributed by atoms with E-state index in [0.29, 0.717) is 55.4 Å². The predicted molar refractivity (Wildman–Crippen MR) is 103 cm³/mol. The van der Waals surface area contributed by atoms with Gasteiger partial charge in [0.2, 0.25) is 0 Å². The summed E-state index contributed by atoms with van der Waals surface area (Å²) in [5.41, 5.74) is 0.989. The third-order valence-corrected chi connectivity index (χ3v) is 4.03. The van der Waals surface area contributed by atoms with Gasteiger partial charge in [0.1, 0.15) is 25.6 Å². The number of hydrogen-bond donors (Lipinski definition) is 2. The first-order valence-corrected chi connectivity index (χ1v) is 8.84. The van der Waals surface area contributed by atoms with Gasteiger partial charge in [0.25, 0.3) is 0 Å². The minimum Gasteiger partial charge on any atom is -0.492 e. The van der Waals surface area contributed by atoms with Crippen LogP contribution in [-0.2, 0) is 6.54 Å². The second kappa shape index (κ2) is 9.20. The van der Waals surface area contributed by atoms with Crippen molar-refractivity contribution in [2.24, 2.45) is 4.99 Å². The molecule has 138 valence electrons. The Morgan fingerprint density at radius 2 is 1.96 bits per heavy atom. The number of nitrogens with zero attached hydrogens (tertiary/aromatic N) is 1. The Labute approximate surface area is 158 Å². The van der Waals surface area contributed by atoms with E-state index in [4.69, 9.17) is 25.8 Å². The molecule has 6 nitrogen and oxygen atoms in total. The summed E-state index contributed by atoms with van der Waals surface area (Å²) < 4.78 is 16.8. The molecule has 0 fully saturated rings. The van der Waals surface area contributed by atoms with Crippen molar-refractivity contribution in [1.82, 2.24) is 10.6 Å². The lowest BCUT2D eigenvalue weighted by Crippen LogP contribution is -2.38. The highest BCUT2D eigenvalue weighted by molar-refractivity contribution is 6.32. The number of halogens is 1. The van der Waals surface area contributed by atoms with Crippen LogP contribution in [0.25, 0.3) is 0 Å². The maximum absolute atomic E-state index is 6.26. The zero-order chi connectivity index (χ0) is 18.2. The molecule has 1 aliphatic rings.